The lowest BCUT2D eigenvalue weighted by Gasteiger charge is -2.15. The van der Waals surface area contributed by atoms with Gasteiger partial charge in [0, 0.05) is 7.05 Å². The van der Waals surface area contributed by atoms with Gasteiger partial charge >= 0.3 is 11.9 Å². The molecule has 0 atom stereocenters. The SMILES string of the molecule is CCCCCCCCCCCCCCOc1ncc(C(=O)OCC(=O)N(C)CC(=O)OCC)s1. The number of esters is 2. The molecule has 194 valence electrons. The molecule has 0 aromatic carbocycles. The van der Waals surface area contributed by atoms with Crippen molar-refractivity contribution in [3.8, 4) is 5.19 Å². The van der Waals surface area contributed by atoms with Crippen molar-refractivity contribution in [2.75, 3.05) is 33.4 Å². The van der Waals surface area contributed by atoms with E-state index < -0.39 is 24.5 Å². The average Bonchev–Trinajstić information content (AvgIpc) is 3.29. The molecule has 1 heterocycles. The van der Waals surface area contributed by atoms with Gasteiger partial charge in [-0.3, -0.25) is 9.59 Å². The summed E-state index contributed by atoms with van der Waals surface area (Å²) in [5.41, 5.74) is 0. The summed E-state index contributed by atoms with van der Waals surface area (Å²) < 4.78 is 15.4. The molecule has 0 spiro atoms. The van der Waals surface area contributed by atoms with Crippen LogP contribution in [-0.4, -0.2) is 61.1 Å². The number of amides is 1. The lowest BCUT2D eigenvalue weighted by atomic mass is 10.1. The van der Waals surface area contributed by atoms with Gasteiger partial charge in [0.1, 0.15) is 11.4 Å². The quantitative estimate of drug-likeness (QED) is 0.175. The van der Waals surface area contributed by atoms with Gasteiger partial charge in [0.2, 0.25) is 0 Å². The Morgan fingerprint density at radius 1 is 0.882 bits per heavy atom. The molecule has 0 N–H and O–H groups in total. The molecule has 9 heteroatoms. The minimum absolute atomic E-state index is 0.193. The molecule has 1 rings (SSSR count). The molecular weight excluding hydrogens is 456 g/mol. The topological polar surface area (TPSA) is 95.0 Å². The first kappa shape index (κ1) is 29.9. The van der Waals surface area contributed by atoms with Gasteiger partial charge < -0.3 is 19.1 Å². The summed E-state index contributed by atoms with van der Waals surface area (Å²) in [6.07, 6.45) is 16.8. The maximum absolute atomic E-state index is 12.1. The van der Waals surface area contributed by atoms with E-state index in [2.05, 4.69) is 11.9 Å². The molecule has 0 aliphatic rings. The Balaban J connectivity index is 2.09. The molecule has 0 aliphatic heterocycles. The van der Waals surface area contributed by atoms with Gasteiger partial charge in [-0.25, -0.2) is 9.78 Å². The second-order valence-corrected chi connectivity index (χ2v) is 9.35. The van der Waals surface area contributed by atoms with Crippen LogP contribution in [0.3, 0.4) is 0 Å². The molecule has 0 bridgehead atoms. The number of nitrogens with zero attached hydrogens (tertiary/aromatic N) is 2. The predicted octanol–water partition coefficient (Wildman–Crippen LogP) is 5.40. The summed E-state index contributed by atoms with van der Waals surface area (Å²) in [4.78, 5) is 41.0. The first-order valence-electron chi connectivity index (χ1n) is 12.6. The number of carbonyl (C=O) groups excluding carboxylic acids is 3. The van der Waals surface area contributed by atoms with Gasteiger partial charge in [-0.2, -0.15) is 0 Å². The summed E-state index contributed by atoms with van der Waals surface area (Å²) in [5, 5.41) is 0.417. The van der Waals surface area contributed by atoms with E-state index in [4.69, 9.17) is 14.2 Å². The minimum atomic E-state index is -0.643. The van der Waals surface area contributed by atoms with Crippen LogP contribution < -0.4 is 4.74 Å². The molecule has 1 aromatic rings. The molecule has 0 radical (unpaired) electrons. The zero-order chi connectivity index (χ0) is 25.0. The van der Waals surface area contributed by atoms with E-state index in [0.29, 0.717) is 11.8 Å². The van der Waals surface area contributed by atoms with Crippen LogP contribution >= 0.6 is 11.3 Å². The van der Waals surface area contributed by atoms with E-state index in [0.717, 1.165) is 29.1 Å². The van der Waals surface area contributed by atoms with E-state index in [-0.39, 0.29) is 18.0 Å². The fourth-order valence-electron chi connectivity index (χ4n) is 3.32. The largest absolute Gasteiger partial charge is 0.470 e. The number of likely N-dealkylation sites (N-methyl/N-ethyl adjacent to an activating group) is 1. The highest BCUT2D eigenvalue weighted by Gasteiger charge is 2.18. The van der Waals surface area contributed by atoms with Crippen molar-refractivity contribution < 1.29 is 28.6 Å². The van der Waals surface area contributed by atoms with Gasteiger partial charge in [-0.15, -0.1) is 0 Å². The Labute approximate surface area is 208 Å². The molecule has 1 amide bonds. The Morgan fingerprint density at radius 2 is 1.47 bits per heavy atom. The molecule has 34 heavy (non-hydrogen) atoms. The second kappa shape index (κ2) is 19.2. The Hall–Kier alpha value is -2.16. The first-order valence-corrected chi connectivity index (χ1v) is 13.4. The smallest absolute Gasteiger partial charge is 0.350 e. The number of carbonyl (C=O) groups is 3. The monoisotopic (exact) mass is 498 g/mol. The van der Waals surface area contributed by atoms with Crippen LogP contribution in [-0.2, 0) is 19.1 Å². The number of rotatable bonds is 20. The Bertz CT molecular complexity index is 709. The Kier molecular flexibility index (Phi) is 16.8. The molecule has 0 unspecified atom stereocenters. The zero-order valence-electron chi connectivity index (χ0n) is 21.1. The standard InChI is InChI=1S/C25H42N2O6S/c1-4-6-7-8-9-10-11-12-13-14-15-16-17-32-25-26-18-21(34-25)24(30)33-20-22(28)27(3)19-23(29)31-5-2/h18H,4-17,19-20H2,1-3H3. The normalized spacial score (nSPS) is 10.7. The van der Waals surface area contributed by atoms with E-state index in [1.807, 2.05) is 0 Å². The maximum Gasteiger partial charge on any atom is 0.350 e. The van der Waals surface area contributed by atoms with E-state index >= 15 is 0 Å². The summed E-state index contributed by atoms with van der Waals surface area (Å²) >= 11 is 1.10. The van der Waals surface area contributed by atoms with Crippen molar-refractivity contribution in [2.45, 2.75) is 90.9 Å². The van der Waals surface area contributed by atoms with Crippen LogP contribution in [0.4, 0.5) is 0 Å². The molecular formula is C25H42N2O6S. The number of ether oxygens (including phenoxy) is 3. The van der Waals surface area contributed by atoms with Crippen molar-refractivity contribution in [1.82, 2.24) is 9.88 Å². The van der Waals surface area contributed by atoms with Crippen LogP contribution in [0.5, 0.6) is 5.19 Å². The number of hydrogen-bond acceptors (Lipinski definition) is 8. The van der Waals surface area contributed by atoms with Crippen molar-refractivity contribution >= 4 is 29.2 Å². The number of aromatic nitrogens is 1. The minimum Gasteiger partial charge on any atom is -0.470 e. The molecule has 0 saturated heterocycles. The van der Waals surface area contributed by atoms with Crippen molar-refractivity contribution in [3.63, 3.8) is 0 Å². The van der Waals surface area contributed by atoms with Crippen LogP contribution in [0.1, 0.15) is 101 Å². The van der Waals surface area contributed by atoms with Gasteiger partial charge in [0.15, 0.2) is 6.61 Å². The van der Waals surface area contributed by atoms with E-state index in [1.54, 1.807) is 6.92 Å². The number of thiazole rings is 1. The van der Waals surface area contributed by atoms with E-state index in [9.17, 15) is 14.4 Å². The number of unbranched alkanes of at least 4 members (excludes halogenated alkanes) is 11. The fraction of sp³-hybridized carbons (Fsp3) is 0.760. The highest BCUT2D eigenvalue weighted by atomic mass is 32.1. The molecule has 8 nitrogen and oxygen atoms in total. The molecule has 0 saturated carbocycles. The third kappa shape index (κ3) is 14.2. The summed E-state index contributed by atoms with van der Waals surface area (Å²) in [6.45, 7) is 4.10. The van der Waals surface area contributed by atoms with Crippen molar-refractivity contribution in [2.24, 2.45) is 0 Å². The molecule has 0 fully saturated rings. The highest BCUT2D eigenvalue weighted by Crippen LogP contribution is 2.22. The second-order valence-electron chi connectivity index (χ2n) is 8.36. The highest BCUT2D eigenvalue weighted by molar-refractivity contribution is 7.15. The van der Waals surface area contributed by atoms with Crippen LogP contribution in [0.2, 0.25) is 0 Å². The third-order valence-electron chi connectivity index (χ3n) is 5.33. The summed E-state index contributed by atoms with van der Waals surface area (Å²) in [6, 6.07) is 0. The van der Waals surface area contributed by atoms with Crippen LogP contribution in [0.15, 0.2) is 6.20 Å². The van der Waals surface area contributed by atoms with Gasteiger partial charge in [0.25, 0.3) is 11.1 Å². The van der Waals surface area contributed by atoms with E-state index in [1.165, 1.54) is 77.5 Å². The summed E-state index contributed by atoms with van der Waals surface area (Å²) in [5.74, 6) is -1.65. The van der Waals surface area contributed by atoms with Gasteiger partial charge in [-0.05, 0) is 13.3 Å². The average molecular weight is 499 g/mol. The van der Waals surface area contributed by atoms with Crippen LogP contribution in [0, 0.1) is 0 Å². The molecule has 1 aromatic heterocycles. The predicted molar refractivity (Wildman–Crippen MR) is 133 cm³/mol. The first-order chi connectivity index (χ1) is 16.5. The lowest BCUT2D eigenvalue weighted by molar-refractivity contribution is -0.148. The van der Waals surface area contributed by atoms with Crippen molar-refractivity contribution in [3.05, 3.63) is 11.1 Å². The fourth-order valence-corrected chi connectivity index (χ4v) is 4.00. The van der Waals surface area contributed by atoms with Crippen LogP contribution in [0.25, 0.3) is 0 Å². The lowest BCUT2D eigenvalue weighted by Crippen LogP contribution is -2.36. The third-order valence-corrected chi connectivity index (χ3v) is 6.22. The van der Waals surface area contributed by atoms with Gasteiger partial charge in [0.05, 0.1) is 19.4 Å². The molecule has 0 aliphatic carbocycles. The van der Waals surface area contributed by atoms with Gasteiger partial charge in [-0.1, -0.05) is 88.9 Å². The van der Waals surface area contributed by atoms with Crippen molar-refractivity contribution in [1.29, 1.82) is 0 Å². The Morgan fingerprint density at radius 3 is 2.06 bits per heavy atom. The maximum atomic E-state index is 12.1. The summed E-state index contributed by atoms with van der Waals surface area (Å²) in [7, 11) is 1.45. The number of hydrogen-bond donors (Lipinski definition) is 0. The zero-order valence-corrected chi connectivity index (χ0v) is 22.0.